The average molecular weight is 306 g/mol. The third kappa shape index (κ3) is 11.9. The summed E-state index contributed by atoms with van der Waals surface area (Å²) in [4.78, 5) is 0. The van der Waals surface area contributed by atoms with Crippen LogP contribution in [0.1, 0.15) is 73.1 Å². The lowest BCUT2D eigenvalue weighted by Crippen LogP contribution is -2.04. The van der Waals surface area contributed by atoms with Crippen molar-refractivity contribution in [3.05, 3.63) is 0 Å². The third-order valence-corrected chi connectivity index (χ3v) is 5.23. The summed E-state index contributed by atoms with van der Waals surface area (Å²) in [5.74, 6) is 1.33. The maximum absolute atomic E-state index is 12.6. The Hall–Kier alpha value is 0.150. The molecule has 0 rings (SSSR count). The lowest BCUT2D eigenvalue weighted by molar-refractivity contribution is 0.194. The Balaban J connectivity index is 4.04. The van der Waals surface area contributed by atoms with Gasteiger partial charge in [-0.3, -0.25) is 4.57 Å². The first-order valence-electron chi connectivity index (χ1n) is 8.27. The van der Waals surface area contributed by atoms with E-state index in [1.54, 1.807) is 0 Å². The highest BCUT2D eigenvalue weighted by molar-refractivity contribution is 7.53. The third-order valence-electron chi connectivity index (χ3n) is 3.21. The van der Waals surface area contributed by atoms with Gasteiger partial charge < -0.3 is 9.05 Å². The summed E-state index contributed by atoms with van der Waals surface area (Å²) in [7, 11) is -2.86. The smallest absolute Gasteiger partial charge is 0.309 e. The lowest BCUT2D eigenvalue weighted by atomic mass is 10.1. The van der Waals surface area contributed by atoms with Crippen LogP contribution < -0.4 is 0 Å². The van der Waals surface area contributed by atoms with Crippen molar-refractivity contribution in [3.8, 4) is 0 Å². The van der Waals surface area contributed by atoms with Gasteiger partial charge in [0.15, 0.2) is 0 Å². The van der Waals surface area contributed by atoms with Crippen LogP contribution in [0.3, 0.4) is 0 Å². The largest absolute Gasteiger partial charge is 0.330 e. The molecule has 3 nitrogen and oxygen atoms in total. The van der Waals surface area contributed by atoms with Crippen molar-refractivity contribution in [1.29, 1.82) is 0 Å². The van der Waals surface area contributed by atoms with Gasteiger partial charge in [-0.2, -0.15) is 0 Å². The standard InChI is InChI=1S/C16H35O3P/c1-6-7-14-20(17,18-12-8-10-15(2)3)19-13-9-11-16(4)5/h15-16H,6-14H2,1-5H3. The number of rotatable bonds is 13. The van der Waals surface area contributed by atoms with Crippen molar-refractivity contribution in [2.75, 3.05) is 19.4 Å². The second kappa shape index (κ2) is 11.8. The molecular weight excluding hydrogens is 271 g/mol. The van der Waals surface area contributed by atoms with E-state index < -0.39 is 7.60 Å². The van der Waals surface area contributed by atoms with Gasteiger partial charge in [0.1, 0.15) is 0 Å². The van der Waals surface area contributed by atoms with Gasteiger partial charge in [-0.15, -0.1) is 0 Å². The molecule has 20 heavy (non-hydrogen) atoms. The maximum atomic E-state index is 12.6. The van der Waals surface area contributed by atoms with Gasteiger partial charge in [0.25, 0.3) is 0 Å². The fourth-order valence-electron chi connectivity index (χ4n) is 1.91. The fourth-order valence-corrected chi connectivity index (χ4v) is 3.76. The minimum absolute atomic E-state index is 0.559. The van der Waals surface area contributed by atoms with Crippen LogP contribution in [0.5, 0.6) is 0 Å². The van der Waals surface area contributed by atoms with Crippen LogP contribution in [0, 0.1) is 11.8 Å². The highest BCUT2D eigenvalue weighted by Gasteiger charge is 2.23. The van der Waals surface area contributed by atoms with Crippen LogP contribution in [-0.4, -0.2) is 19.4 Å². The van der Waals surface area contributed by atoms with Crippen LogP contribution in [0.25, 0.3) is 0 Å². The van der Waals surface area contributed by atoms with E-state index in [9.17, 15) is 4.57 Å². The molecule has 0 aromatic rings. The van der Waals surface area contributed by atoms with Crippen molar-refractivity contribution in [2.45, 2.75) is 73.1 Å². The van der Waals surface area contributed by atoms with E-state index in [4.69, 9.17) is 9.05 Å². The Morgan fingerprint density at radius 3 is 1.65 bits per heavy atom. The molecule has 0 aliphatic heterocycles. The summed E-state index contributed by atoms with van der Waals surface area (Å²) in [6.07, 6.45) is 6.64. The quantitative estimate of drug-likeness (QED) is 0.314. The monoisotopic (exact) mass is 306 g/mol. The molecule has 0 atom stereocenters. The minimum Gasteiger partial charge on any atom is -0.309 e. The van der Waals surface area contributed by atoms with Gasteiger partial charge in [0.05, 0.1) is 19.4 Å². The molecule has 0 saturated carbocycles. The van der Waals surface area contributed by atoms with Crippen LogP contribution in [-0.2, 0) is 13.6 Å². The minimum atomic E-state index is -2.86. The first-order valence-corrected chi connectivity index (χ1v) is 10.0. The van der Waals surface area contributed by atoms with E-state index in [2.05, 4.69) is 34.6 Å². The first kappa shape index (κ1) is 20.1. The summed E-state index contributed by atoms with van der Waals surface area (Å²) >= 11 is 0. The molecule has 0 N–H and O–H groups in total. The Bertz CT molecular complexity index is 244. The Kier molecular flexibility index (Phi) is 11.9. The molecule has 0 amide bonds. The summed E-state index contributed by atoms with van der Waals surface area (Å²) in [5, 5.41) is 0. The Labute approximate surface area is 126 Å². The molecule has 0 bridgehead atoms. The van der Waals surface area contributed by atoms with Crippen molar-refractivity contribution in [3.63, 3.8) is 0 Å². The van der Waals surface area contributed by atoms with Crippen LogP contribution in [0.15, 0.2) is 0 Å². The molecule has 0 saturated heterocycles. The van der Waals surface area contributed by atoms with Crippen molar-refractivity contribution in [1.82, 2.24) is 0 Å². The van der Waals surface area contributed by atoms with E-state index in [0.717, 1.165) is 38.5 Å². The van der Waals surface area contributed by atoms with Gasteiger partial charge >= 0.3 is 7.60 Å². The topological polar surface area (TPSA) is 35.5 Å². The summed E-state index contributed by atoms with van der Waals surface area (Å²) in [5.41, 5.74) is 0. The second-order valence-electron chi connectivity index (χ2n) is 6.43. The summed E-state index contributed by atoms with van der Waals surface area (Å²) < 4.78 is 23.9. The van der Waals surface area contributed by atoms with Gasteiger partial charge in [0, 0.05) is 0 Å². The van der Waals surface area contributed by atoms with Crippen LogP contribution in [0.2, 0.25) is 0 Å². The number of hydrogen-bond acceptors (Lipinski definition) is 3. The molecule has 0 fully saturated rings. The Morgan fingerprint density at radius 1 is 0.850 bits per heavy atom. The van der Waals surface area contributed by atoms with Gasteiger partial charge in [-0.1, -0.05) is 41.0 Å². The molecule has 0 aromatic heterocycles. The van der Waals surface area contributed by atoms with E-state index in [1.807, 2.05) is 0 Å². The molecule has 0 spiro atoms. The number of unbranched alkanes of at least 4 members (excludes halogenated alkanes) is 1. The first-order chi connectivity index (χ1) is 9.39. The molecule has 0 aliphatic rings. The molecule has 0 aliphatic carbocycles. The fraction of sp³-hybridized carbons (Fsp3) is 1.00. The molecule has 0 radical (unpaired) electrons. The van der Waals surface area contributed by atoms with Crippen LogP contribution in [0.4, 0.5) is 0 Å². The highest BCUT2D eigenvalue weighted by Crippen LogP contribution is 2.49. The summed E-state index contributed by atoms with van der Waals surface area (Å²) in [6.45, 7) is 12.0. The van der Waals surface area contributed by atoms with Gasteiger partial charge in [0.2, 0.25) is 0 Å². The molecule has 4 heteroatoms. The van der Waals surface area contributed by atoms with E-state index in [-0.39, 0.29) is 0 Å². The Morgan fingerprint density at radius 2 is 1.30 bits per heavy atom. The zero-order valence-corrected chi connectivity index (χ0v) is 15.1. The SMILES string of the molecule is CCCCP(=O)(OCCCC(C)C)OCCCC(C)C. The van der Waals surface area contributed by atoms with Crippen molar-refractivity contribution >= 4 is 7.60 Å². The van der Waals surface area contributed by atoms with Gasteiger partial charge in [-0.25, -0.2) is 0 Å². The lowest BCUT2D eigenvalue weighted by Gasteiger charge is -2.19. The van der Waals surface area contributed by atoms with E-state index >= 15 is 0 Å². The molecule has 0 heterocycles. The molecule has 122 valence electrons. The summed E-state index contributed by atoms with van der Waals surface area (Å²) in [6, 6.07) is 0. The maximum Gasteiger partial charge on any atom is 0.330 e. The van der Waals surface area contributed by atoms with E-state index in [1.165, 1.54) is 0 Å². The average Bonchev–Trinajstić information content (AvgIpc) is 2.37. The molecule has 0 unspecified atom stereocenters. The highest BCUT2D eigenvalue weighted by atomic mass is 31.2. The van der Waals surface area contributed by atoms with Crippen molar-refractivity contribution in [2.24, 2.45) is 11.8 Å². The zero-order chi connectivity index (χ0) is 15.4. The normalized spacial score (nSPS) is 12.6. The second-order valence-corrected chi connectivity index (χ2v) is 8.61. The number of hydrogen-bond donors (Lipinski definition) is 0. The zero-order valence-electron chi connectivity index (χ0n) is 14.2. The predicted molar refractivity (Wildman–Crippen MR) is 87.4 cm³/mol. The van der Waals surface area contributed by atoms with Crippen molar-refractivity contribution < 1.29 is 13.6 Å². The molecule has 0 aromatic carbocycles. The van der Waals surface area contributed by atoms with Gasteiger partial charge in [-0.05, 0) is 43.9 Å². The predicted octanol–water partition coefficient (Wildman–Crippen LogP) is 5.89. The molecular formula is C16H35O3P. The van der Waals surface area contributed by atoms with E-state index in [0.29, 0.717) is 31.2 Å². The van der Waals surface area contributed by atoms with Crippen LogP contribution >= 0.6 is 7.60 Å².